The van der Waals surface area contributed by atoms with Crippen molar-refractivity contribution in [1.82, 2.24) is 0 Å². The smallest absolute Gasteiger partial charge is 0.393 e. The molecule has 3 nitrogen and oxygen atoms in total. The van der Waals surface area contributed by atoms with Gasteiger partial charge in [0.25, 0.3) is 0 Å². The first-order valence-electron chi connectivity index (χ1n) is 5.00. The van der Waals surface area contributed by atoms with Crippen LogP contribution in [0.2, 0.25) is 0 Å². The lowest BCUT2D eigenvalue weighted by Crippen LogP contribution is -2.21. The van der Waals surface area contributed by atoms with Gasteiger partial charge in [-0.05, 0) is 17.7 Å². The highest BCUT2D eigenvalue weighted by molar-refractivity contribution is 7.80. The van der Waals surface area contributed by atoms with Gasteiger partial charge in [0, 0.05) is 12.1 Å². The Morgan fingerprint density at radius 1 is 1.28 bits per heavy atom. The van der Waals surface area contributed by atoms with Gasteiger partial charge in [-0.3, -0.25) is 4.79 Å². The molecular formula is C11H11F3N2OS. The third-order valence-corrected chi connectivity index (χ3v) is 2.12. The molecule has 1 aromatic carbocycles. The lowest BCUT2D eigenvalue weighted by atomic mass is 10.1. The first kappa shape index (κ1) is 14.4. The number of hydrogen-bond acceptors (Lipinski definition) is 2. The van der Waals surface area contributed by atoms with E-state index in [1.54, 1.807) is 12.1 Å². The molecule has 3 N–H and O–H groups in total. The molecule has 0 aromatic heterocycles. The maximum absolute atomic E-state index is 11.9. The summed E-state index contributed by atoms with van der Waals surface area (Å²) in [5.41, 5.74) is 6.48. The summed E-state index contributed by atoms with van der Waals surface area (Å²) >= 11 is 4.72. The van der Waals surface area contributed by atoms with Crippen molar-refractivity contribution in [2.75, 3.05) is 5.32 Å². The average Bonchev–Trinajstić information content (AvgIpc) is 2.17. The van der Waals surface area contributed by atoms with Crippen molar-refractivity contribution in [1.29, 1.82) is 0 Å². The number of anilines is 1. The second kappa shape index (κ2) is 5.81. The number of amides is 1. The molecule has 0 unspecified atom stereocenters. The van der Waals surface area contributed by atoms with Crippen LogP contribution < -0.4 is 11.1 Å². The summed E-state index contributed by atoms with van der Waals surface area (Å²) in [7, 11) is 0. The normalized spacial score (nSPS) is 11.1. The maximum atomic E-state index is 11.9. The fraction of sp³-hybridized carbons (Fsp3) is 0.273. The Morgan fingerprint density at radius 3 is 2.28 bits per heavy atom. The van der Waals surface area contributed by atoms with Crippen molar-refractivity contribution in [3.05, 3.63) is 29.8 Å². The zero-order valence-corrected chi connectivity index (χ0v) is 10.1. The molecule has 0 radical (unpaired) electrons. The highest BCUT2D eigenvalue weighted by Crippen LogP contribution is 2.20. The SMILES string of the molecule is NC(=S)Cc1ccc(NC(=O)CC(F)(F)F)cc1. The van der Waals surface area contributed by atoms with Crippen LogP contribution in [0.5, 0.6) is 0 Å². The first-order valence-corrected chi connectivity index (χ1v) is 5.41. The van der Waals surface area contributed by atoms with Crippen molar-refractivity contribution in [3.63, 3.8) is 0 Å². The van der Waals surface area contributed by atoms with Gasteiger partial charge in [0.05, 0.1) is 4.99 Å². The summed E-state index contributed by atoms with van der Waals surface area (Å²) in [4.78, 5) is 11.3. The minimum Gasteiger partial charge on any atom is -0.393 e. The van der Waals surface area contributed by atoms with Gasteiger partial charge >= 0.3 is 6.18 Å². The van der Waals surface area contributed by atoms with Crippen molar-refractivity contribution < 1.29 is 18.0 Å². The lowest BCUT2D eigenvalue weighted by Gasteiger charge is -2.08. The van der Waals surface area contributed by atoms with Crippen molar-refractivity contribution in [3.8, 4) is 0 Å². The van der Waals surface area contributed by atoms with Crippen LogP contribution in [-0.2, 0) is 11.2 Å². The molecule has 0 aliphatic carbocycles. The summed E-state index contributed by atoms with van der Waals surface area (Å²) < 4.78 is 35.8. The molecule has 0 spiro atoms. The van der Waals surface area contributed by atoms with E-state index in [2.05, 4.69) is 5.32 Å². The topological polar surface area (TPSA) is 55.1 Å². The van der Waals surface area contributed by atoms with Crippen LogP contribution in [0.4, 0.5) is 18.9 Å². The third kappa shape index (κ3) is 5.62. The van der Waals surface area contributed by atoms with Crippen LogP contribution in [0.3, 0.4) is 0 Å². The predicted octanol–water partition coefficient (Wildman–Crippen LogP) is 2.41. The molecule has 7 heteroatoms. The van der Waals surface area contributed by atoms with Gasteiger partial charge in [-0.25, -0.2) is 0 Å². The van der Waals surface area contributed by atoms with E-state index in [-0.39, 0.29) is 0 Å². The van der Waals surface area contributed by atoms with Crippen LogP contribution in [-0.4, -0.2) is 17.1 Å². The summed E-state index contributed by atoms with van der Waals surface area (Å²) in [5, 5.41) is 2.16. The van der Waals surface area contributed by atoms with E-state index in [0.717, 1.165) is 5.56 Å². The summed E-state index contributed by atoms with van der Waals surface area (Å²) in [5.74, 6) is -1.09. The Hall–Kier alpha value is -1.63. The molecule has 18 heavy (non-hydrogen) atoms. The summed E-state index contributed by atoms with van der Waals surface area (Å²) in [6.07, 6.45) is -5.59. The molecule has 0 saturated carbocycles. The summed E-state index contributed by atoms with van der Waals surface area (Å²) in [6.45, 7) is 0. The van der Waals surface area contributed by atoms with Gasteiger partial charge in [0.2, 0.25) is 5.91 Å². The average molecular weight is 276 g/mol. The molecule has 0 bridgehead atoms. The highest BCUT2D eigenvalue weighted by Gasteiger charge is 2.31. The Morgan fingerprint density at radius 2 is 1.83 bits per heavy atom. The van der Waals surface area contributed by atoms with Crippen LogP contribution >= 0.6 is 12.2 Å². The fourth-order valence-corrected chi connectivity index (χ4v) is 1.46. The quantitative estimate of drug-likeness (QED) is 0.830. The van der Waals surface area contributed by atoms with Crippen LogP contribution in [0.15, 0.2) is 24.3 Å². The maximum Gasteiger partial charge on any atom is 0.397 e. The van der Waals surface area contributed by atoms with E-state index in [4.69, 9.17) is 18.0 Å². The zero-order valence-electron chi connectivity index (χ0n) is 9.25. The molecule has 98 valence electrons. The number of hydrogen-bond donors (Lipinski definition) is 2. The van der Waals surface area contributed by atoms with Crippen LogP contribution in [0.25, 0.3) is 0 Å². The third-order valence-electron chi connectivity index (χ3n) is 1.98. The minimum atomic E-state index is -4.50. The number of nitrogens with one attached hydrogen (secondary N) is 1. The minimum absolute atomic E-state index is 0.302. The summed E-state index contributed by atoms with van der Waals surface area (Å²) in [6, 6.07) is 6.29. The van der Waals surface area contributed by atoms with Gasteiger partial charge in [0.15, 0.2) is 0 Å². The molecule has 0 aliphatic heterocycles. The molecule has 1 rings (SSSR count). The van der Waals surface area contributed by atoms with E-state index < -0.39 is 18.5 Å². The van der Waals surface area contributed by atoms with Gasteiger partial charge in [-0.15, -0.1) is 0 Å². The predicted molar refractivity (Wildman–Crippen MR) is 66.2 cm³/mol. The van der Waals surface area contributed by atoms with E-state index in [1.807, 2.05) is 0 Å². The first-order chi connectivity index (χ1) is 8.26. The van der Waals surface area contributed by atoms with E-state index in [9.17, 15) is 18.0 Å². The van der Waals surface area contributed by atoms with E-state index in [1.165, 1.54) is 12.1 Å². The molecule has 0 heterocycles. The lowest BCUT2D eigenvalue weighted by molar-refractivity contribution is -0.150. The number of halogens is 3. The van der Waals surface area contributed by atoms with Crippen LogP contribution in [0.1, 0.15) is 12.0 Å². The van der Waals surface area contributed by atoms with Gasteiger partial charge in [-0.2, -0.15) is 13.2 Å². The van der Waals surface area contributed by atoms with Crippen molar-refractivity contribution in [2.24, 2.45) is 5.73 Å². The fourth-order valence-electron chi connectivity index (χ4n) is 1.29. The number of thiocarbonyl (C=S) groups is 1. The Balaban J connectivity index is 2.58. The highest BCUT2D eigenvalue weighted by atomic mass is 32.1. The molecule has 0 atom stereocenters. The number of nitrogens with two attached hydrogens (primary N) is 1. The second-order valence-corrected chi connectivity index (χ2v) is 4.20. The molecule has 0 aliphatic rings. The van der Waals surface area contributed by atoms with E-state index >= 15 is 0 Å². The van der Waals surface area contributed by atoms with Gasteiger partial charge in [-0.1, -0.05) is 24.4 Å². The van der Waals surface area contributed by atoms with Crippen LogP contribution in [0, 0.1) is 0 Å². The van der Waals surface area contributed by atoms with Crippen molar-refractivity contribution >= 4 is 28.8 Å². The molecule has 0 saturated heterocycles. The Labute approximate surface area is 107 Å². The second-order valence-electron chi connectivity index (χ2n) is 3.68. The zero-order chi connectivity index (χ0) is 13.8. The molecule has 1 aromatic rings. The monoisotopic (exact) mass is 276 g/mol. The standard InChI is InChI=1S/C11H11F3N2OS/c12-11(13,14)6-10(17)16-8-3-1-7(2-4-8)5-9(15)18/h1-4H,5-6H2,(H2,15,18)(H,16,17). The largest absolute Gasteiger partial charge is 0.397 e. The van der Waals surface area contributed by atoms with Gasteiger partial charge in [0.1, 0.15) is 6.42 Å². The van der Waals surface area contributed by atoms with Gasteiger partial charge < -0.3 is 11.1 Å². The van der Waals surface area contributed by atoms with E-state index in [0.29, 0.717) is 17.1 Å². The molecular weight excluding hydrogens is 265 g/mol. The number of rotatable bonds is 4. The number of carbonyl (C=O) groups excluding carboxylic acids is 1. The number of alkyl halides is 3. The Kier molecular flexibility index (Phi) is 4.66. The molecule has 1 amide bonds. The van der Waals surface area contributed by atoms with Crippen molar-refractivity contribution in [2.45, 2.75) is 19.0 Å². The number of carbonyl (C=O) groups is 1. The molecule has 0 fully saturated rings. The number of benzene rings is 1. The Bertz CT molecular complexity index is 443.